The Labute approximate surface area is 125 Å². The van der Waals surface area contributed by atoms with Crippen molar-refractivity contribution in [2.45, 2.75) is 51.3 Å². The second-order valence-electron chi connectivity index (χ2n) is 5.53. The Kier molecular flexibility index (Phi) is 4.52. The number of hydrogen-bond acceptors (Lipinski definition) is 4. The van der Waals surface area contributed by atoms with E-state index in [0.717, 1.165) is 24.8 Å². The molecule has 2 rings (SSSR count). The van der Waals surface area contributed by atoms with Crippen molar-refractivity contribution in [1.82, 2.24) is 4.90 Å². The summed E-state index contributed by atoms with van der Waals surface area (Å²) in [7, 11) is 1.35. The molecule has 2 atom stereocenters. The molecule has 2 aliphatic heterocycles. The topological polar surface area (TPSA) is 55.8 Å². The van der Waals surface area contributed by atoms with E-state index in [1.54, 1.807) is 11.0 Å². The standard InChI is InChI=1S/C16H23NO4/c1-5-7-9-13-17-14(18)12(8-6-2)11(3)16(17,10-21-13)15(19)20-4/h6,13H,2,5,7-10H2,1,3-4H3/t13?,16-/m1/s1. The average molecular weight is 293 g/mol. The zero-order valence-corrected chi connectivity index (χ0v) is 13.0. The van der Waals surface area contributed by atoms with Crippen molar-refractivity contribution in [3.63, 3.8) is 0 Å². The molecule has 0 spiro atoms. The Balaban J connectivity index is 2.42. The van der Waals surface area contributed by atoms with Crippen molar-refractivity contribution in [2.24, 2.45) is 0 Å². The average Bonchev–Trinajstić information content (AvgIpc) is 2.96. The van der Waals surface area contributed by atoms with Crippen LogP contribution < -0.4 is 0 Å². The van der Waals surface area contributed by atoms with Gasteiger partial charge in [0.25, 0.3) is 5.91 Å². The maximum absolute atomic E-state index is 12.7. The van der Waals surface area contributed by atoms with Crippen LogP contribution in [0.5, 0.6) is 0 Å². The van der Waals surface area contributed by atoms with Gasteiger partial charge in [0.15, 0.2) is 5.54 Å². The van der Waals surface area contributed by atoms with Gasteiger partial charge in [0.1, 0.15) is 6.23 Å². The second-order valence-corrected chi connectivity index (χ2v) is 5.53. The van der Waals surface area contributed by atoms with E-state index in [1.165, 1.54) is 7.11 Å². The maximum Gasteiger partial charge on any atom is 0.338 e. The van der Waals surface area contributed by atoms with Gasteiger partial charge in [0, 0.05) is 5.57 Å². The van der Waals surface area contributed by atoms with E-state index in [4.69, 9.17) is 9.47 Å². The van der Waals surface area contributed by atoms with E-state index in [9.17, 15) is 9.59 Å². The summed E-state index contributed by atoms with van der Waals surface area (Å²) in [5.41, 5.74) is 0.293. The molecular formula is C16H23NO4. The fourth-order valence-corrected chi connectivity index (χ4v) is 3.21. The van der Waals surface area contributed by atoms with Crippen LogP contribution in [0.4, 0.5) is 0 Å². The molecule has 2 aliphatic rings. The number of ether oxygens (including phenoxy) is 2. The number of hydrogen-bond donors (Lipinski definition) is 0. The monoisotopic (exact) mass is 293 g/mol. The van der Waals surface area contributed by atoms with Gasteiger partial charge in [-0.1, -0.05) is 19.4 Å². The third-order valence-corrected chi connectivity index (χ3v) is 4.41. The fraction of sp³-hybridized carbons (Fsp3) is 0.625. The summed E-state index contributed by atoms with van der Waals surface area (Å²) in [5, 5.41) is 0. The molecule has 0 aromatic heterocycles. The van der Waals surface area contributed by atoms with Crippen LogP contribution in [0.25, 0.3) is 0 Å². The molecule has 5 heteroatoms. The van der Waals surface area contributed by atoms with Crippen LogP contribution >= 0.6 is 0 Å². The van der Waals surface area contributed by atoms with Crippen LogP contribution in [0.1, 0.15) is 39.5 Å². The number of allylic oxidation sites excluding steroid dienone is 1. The lowest BCUT2D eigenvalue weighted by Crippen LogP contribution is -2.54. The number of carbonyl (C=O) groups is 2. The van der Waals surface area contributed by atoms with Crippen molar-refractivity contribution in [2.75, 3.05) is 13.7 Å². The molecule has 21 heavy (non-hydrogen) atoms. The number of fused-ring (bicyclic) bond motifs is 1. The van der Waals surface area contributed by atoms with Crippen molar-refractivity contribution >= 4 is 11.9 Å². The Hall–Kier alpha value is -1.62. The van der Waals surface area contributed by atoms with E-state index >= 15 is 0 Å². The van der Waals surface area contributed by atoms with Gasteiger partial charge in [-0.25, -0.2) is 4.79 Å². The minimum atomic E-state index is -1.08. The molecule has 1 saturated heterocycles. The summed E-state index contributed by atoms with van der Waals surface area (Å²) in [6, 6.07) is 0. The first-order chi connectivity index (χ1) is 10.0. The molecule has 1 unspecified atom stereocenters. The molecule has 1 fully saturated rings. The lowest BCUT2D eigenvalue weighted by Gasteiger charge is -2.31. The zero-order chi connectivity index (χ0) is 15.6. The van der Waals surface area contributed by atoms with Gasteiger partial charge in [0.2, 0.25) is 0 Å². The first-order valence-electron chi connectivity index (χ1n) is 7.39. The molecular weight excluding hydrogens is 270 g/mol. The Morgan fingerprint density at radius 2 is 2.33 bits per heavy atom. The van der Waals surface area contributed by atoms with Crippen LogP contribution in [0.2, 0.25) is 0 Å². The van der Waals surface area contributed by atoms with Crippen LogP contribution in [-0.4, -0.2) is 42.3 Å². The predicted octanol–water partition coefficient (Wildman–Crippen LogP) is 2.18. The van der Waals surface area contributed by atoms with E-state index in [2.05, 4.69) is 13.5 Å². The highest BCUT2D eigenvalue weighted by Gasteiger charge is 2.62. The minimum absolute atomic E-state index is 0.128. The van der Waals surface area contributed by atoms with E-state index in [-0.39, 0.29) is 18.7 Å². The smallest absolute Gasteiger partial charge is 0.338 e. The number of rotatable bonds is 6. The van der Waals surface area contributed by atoms with E-state index in [0.29, 0.717) is 12.0 Å². The van der Waals surface area contributed by atoms with Crippen LogP contribution in [0.3, 0.4) is 0 Å². The van der Waals surface area contributed by atoms with Crippen molar-refractivity contribution in [1.29, 1.82) is 0 Å². The molecule has 0 saturated carbocycles. The molecule has 2 heterocycles. The predicted molar refractivity (Wildman–Crippen MR) is 78.4 cm³/mol. The van der Waals surface area contributed by atoms with Gasteiger partial charge in [-0.2, -0.15) is 0 Å². The maximum atomic E-state index is 12.7. The van der Waals surface area contributed by atoms with Gasteiger partial charge in [-0.05, 0) is 31.8 Å². The van der Waals surface area contributed by atoms with E-state index < -0.39 is 11.5 Å². The van der Waals surface area contributed by atoms with Gasteiger partial charge in [-0.3, -0.25) is 9.69 Å². The van der Waals surface area contributed by atoms with Gasteiger partial charge in [-0.15, -0.1) is 6.58 Å². The summed E-state index contributed by atoms with van der Waals surface area (Å²) < 4.78 is 10.7. The van der Waals surface area contributed by atoms with Crippen LogP contribution in [0.15, 0.2) is 23.8 Å². The Morgan fingerprint density at radius 3 is 2.90 bits per heavy atom. The lowest BCUT2D eigenvalue weighted by molar-refractivity contribution is -0.154. The highest BCUT2D eigenvalue weighted by Crippen LogP contribution is 2.44. The quantitative estimate of drug-likeness (QED) is 0.556. The summed E-state index contributed by atoms with van der Waals surface area (Å²) >= 11 is 0. The summed E-state index contributed by atoms with van der Waals surface area (Å²) in [6.07, 6.45) is 4.48. The first kappa shape index (κ1) is 15.8. The van der Waals surface area contributed by atoms with E-state index in [1.807, 2.05) is 6.92 Å². The molecule has 0 bridgehead atoms. The van der Waals surface area contributed by atoms with Gasteiger partial charge in [0.05, 0.1) is 13.7 Å². The van der Waals surface area contributed by atoms with Crippen LogP contribution in [-0.2, 0) is 19.1 Å². The zero-order valence-electron chi connectivity index (χ0n) is 13.0. The number of esters is 1. The number of nitrogens with zero attached hydrogens (tertiary/aromatic N) is 1. The van der Waals surface area contributed by atoms with Crippen molar-refractivity contribution in [3.8, 4) is 0 Å². The molecule has 0 aromatic carbocycles. The highest BCUT2D eigenvalue weighted by atomic mass is 16.5. The molecule has 0 radical (unpaired) electrons. The van der Waals surface area contributed by atoms with Gasteiger partial charge >= 0.3 is 5.97 Å². The Morgan fingerprint density at radius 1 is 1.62 bits per heavy atom. The molecule has 0 aromatic rings. The Bertz CT molecular complexity index is 497. The number of amides is 1. The van der Waals surface area contributed by atoms with Crippen molar-refractivity contribution in [3.05, 3.63) is 23.8 Å². The molecule has 0 aliphatic carbocycles. The largest absolute Gasteiger partial charge is 0.467 e. The molecule has 1 amide bonds. The third-order valence-electron chi connectivity index (χ3n) is 4.41. The third kappa shape index (κ3) is 2.20. The number of carbonyl (C=O) groups excluding carboxylic acids is 2. The first-order valence-corrected chi connectivity index (χ1v) is 7.39. The normalized spacial score (nSPS) is 28.0. The minimum Gasteiger partial charge on any atom is -0.467 e. The van der Waals surface area contributed by atoms with Gasteiger partial charge < -0.3 is 9.47 Å². The summed E-state index contributed by atoms with van der Waals surface area (Å²) in [5.74, 6) is -0.553. The summed E-state index contributed by atoms with van der Waals surface area (Å²) in [6.45, 7) is 7.77. The lowest BCUT2D eigenvalue weighted by atomic mass is 9.90. The number of unbranched alkanes of at least 4 members (excludes halogenated alkanes) is 1. The SMILES string of the molecule is C=CCC1=C(C)[C@@]2(C(=O)OC)COC(CCCC)N2C1=O. The van der Waals surface area contributed by atoms with Crippen molar-refractivity contribution < 1.29 is 19.1 Å². The molecule has 5 nitrogen and oxygen atoms in total. The molecule has 116 valence electrons. The number of methoxy groups -OCH3 is 1. The second kappa shape index (κ2) is 6.02. The summed E-state index contributed by atoms with van der Waals surface area (Å²) in [4.78, 5) is 26.7. The molecule has 0 N–H and O–H groups in total. The van der Waals surface area contributed by atoms with Crippen LogP contribution in [0, 0.1) is 0 Å². The fourth-order valence-electron chi connectivity index (χ4n) is 3.21. The highest BCUT2D eigenvalue weighted by molar-refractivity contribution is 6.06.